The lowest BCUT2D eigenvalue weighted by molar-refractivity contribution is -0.146. The molecule has 1 aromatic carbocycles. The Morgan fingerprint density at radius 1 is 1.33 bits per heavy atom. The fourth-order valence-electron chi connectivity index (χ4n) is 2.53. The zero-order valence-corrected chi connectivity index (χ0v) is 15.1. The number of amides is 1. The van der Waals surface area contributed by atoms with Crippen LogP contribution in [0, 0.1) is 6.92 Å². The number of benzene rings is 1. The number of carbonyl (C=O) groups is 2. The second kappa shape index (κ2) is 7.40. The molecule has 1 amide bonds. The Kier molecular flexibility index (Phi) is 5.02. The molecule has 2 aromatic heterocycles. The smallest absolute Gasteiger partial charge is 0.328 e. The van der Waals surface area contributed by atoms with Gasteiger partial charge < -0.3 is 14.6 Å². The number of ether oxygens (including phenoxy) is 1. The van der Waals surface area contributed by atoms with Crippen LogP contribution in [0.4, 0.5) is 5.69 Å². The van der Waals surface area contributed by atoms with E-state index in [-0.39, 0.29) is 17.7 Å². The van der Waals surface area contributed by atoms with E-state index in [1.807, 2.05) is 0 Å². The first-order valence-electron chi connectivity index (χ1n) is 8.33. The van der Waals surface area contributed by atoms with Crippen LogP contribution in [-0.2, 0) is 9.53 Å². The van der Waals surface area contributed by atoms with Gasteiger partial charge in [-0.25, -0.2) is 9.78 Å². The molecule has 1 atom stereocenters. The fraction of sp³-hybridized carbons (Fsp3) is 0.278. The summed E-state index contributed by atoms with van der Waals surface area (Å²) >= 11 is 0. The van der Waals surface area contributed by atoms with Crippen LogP contribution in [0.2, 0.25) is 0 Å². The molecular weight excluding hydrogens is 352 g/mol. The molecular formula is C18H18N4O5. The largest absolute Gasteiger partial charge is 0.464 e. The summed E-state index contributed by atoms with van der Waals surface area (Å²) in [6, 6.07) is 5.43. The van der Waals surface area contributed by atoms with E-state index >= 15 is 0 Å². The van der Waals surface area contributed by atoms with Crippen molar-refractivity contribution in [2.45, 2.75) is 26.8 Å². The highest BCUT2D eigenvalue weighted by Gasteiger charge is 2.19. The number of carbonyl (C=O) groups excluding carboxylic acids is 2. The molecule has 0 fully saturated rings. The van der Waals surface area contributed by atoms with E-state index in [2.05, 4.69) is 15.5 Å². The highest BCUT2D eigenvalue weighted by Crippen LogP contribution is 2.17. The van der Waals surface area contributed by atoms with E-state index in [0.29, 0.717) is 17.0 Å². The number of hydrogen-bond donors (Lipinski definition) is 1. The lowest BCUT2D eigenvalue weighted by Crippen LogP contribution is -2.29. The predicted octanol–water partition coefficient (Wildman–Crippen LogP) is 2.07. The average molecular weight is 370 g/mol. The topological polar surface area (TPSA) is 116 Å². The zero-order valence-electron chi connectivity index (χ0n) is 15.1. The number of hydrogen-bond acceptors (Lipinski definition) is 7. The summed E-state index contributed by atoms with van der Waals surface area (Å²) in [6.07, 6.45) is 1.31. The van der Waals surface area contributed by atoms with Crippen LogP contribution in [0.5, 0.6) is 0 Å². The summed E-state index contributed by atoms with van der Waals surface area (Å²) in [5.74, 6) is -0.472. The van der Waals surface area contributed by atoms with Gasteiger partial charge in [0.1, 0.15) is 11.8 Å². The summed E-state index contributed by atoms with van der Waals surface area (Å²) in [7, 11) is 0. The van der Waals surface area contributed by atoms with E-state index in [0.717, 1.165) is 0 Å². The van der Waals surface area contributed by atoms with Crippen LogP contribution < -0.4 is 10.9 Å². The van der Waals surface area contributed by atoms with Gasteiger partial charge in [0.25, 0.3) is 11.5 Å². The van der Waals surface area contributed by atoms with Gasteiger partial charge in [-0.05, 0) is 39.0 Å². The van der Waals surface area contributed by atoms with Crippen LogP contribution in [0.3, 0.4) is 0 Å². The highest BCUT2D eigenvalue weighted by molar-refractivity contribution is 6.03. The minimum atomic E-state index is -0.814. The van der Waals surface area contributed by atoms with Crippen molar-refractivity contribution in [3.05, 3.63) is 52.4 Å². The zero-order chi connectivity index (χ0) is 19.6. The molecule has 0 radical (unpaired) electrons. The molecule has 0 bridgehead atoms. The van der Waals surface area contributed by atoms with Crippen LogP contribution in [0.25, 0.3) is 10.9 Å². The highest BCUT2D eigenvalue weighted by atomic mass is 16.5. The van der Waals surface area contributed by atoms with Gasteiger partial charge in [-0.3, -0.25) is 14.2 Å². The molecule has 1 unspecified atom stereocenters. The molecule has 1 N–H and O–H groups in total. The molecule has 0 aliphatic heterocycles. The van der Waals surface area contributed by atoms with Crippen molar-refractivity contribution in [1.29, 1.82) is 0 Å². The van der Waals surface area contributed by atoms with Crippen molar-refractivity contribution in [3.8, 4) is 0 Å². The van der Waals surface area contributed by atoms with Crippen LogP contribution in [0.15, 0.2) is 39.9 Å². The fourth-order valence-corrected chi connectivity index (χ4v) is 2.53. The molecule has 0 aliphatic carbocycles. The molecule has 0 saturated heterocycles. The SMILES string of the molecule is CCOC(=O)C(C)n1cnc2ccc(NC(=O)c3cc(C)on3)cc2c1=O. The number of rotatable bonds is 5. The van der Waals surface area contributed by atoms with Gasteiger partial charge in [-0.1, -0.05) is 5.16 Å². The van der Waals surface area contributed by atoms with Gasteiger partial charge in [0.2, 0.25) is 0 Å². The average Bonchev–Trinajstić information content (AvgIpc) is 3.09. The third kappa shape index (κ3) is 3.71. The monoisotopic (exact) mass is 370 g/mol. The van der Waals surface area contributed by atoms with E-state index in [4.69, 9.17) is 9.26 Å². The van der Waals surface area contributed by atoms with E-state index < -0.39 is 23.5 Å². The lowest BCUT2D eigenvalue weighted by atomic mass is 10.2. The van der Waals surface area contributed by atoms with Gasteiger partial charge >= 0.3 is 5.97 Å². The normalized spacial score (nSPS) is 12.0. The summed E-state index contributed by atoms with van der Waals surface area (Å²) in [5.41, 5.74) is 0.567. The van der Waals surface area contributed by atoms with Gasteiger partial charge in [-0.2, -0.15) is 0 Å². The molecule has 3 aromatic rings. The minimum absolute atomic E-state index is 0.132. The van der Waals surface area contributed by atoms with E-state index in [1.54, 1.807) is 32.9 Å². The molecule has 9 heteroatoms. The Bertz CT molecular complexity index is 1070. The van der Waals surface area contributed by atoms with Crippen LogP contribution in [0.1, 0.15) is 36.1 Å². The van der Waals surface area contributed by atoms with Crippen LogP contribution >= 0.6 is 0 Å². The van der Waals surface area contributed by atoms with Crippen molar-refractivity contribution in [1.82, 2.24) is 14.7 Å². The number of aromatic nitrogens is 3. The first-order chi connectivity index (χ1) is 12.9. The molecule has 0 aliphatic rings. The lowest BCUT2D eigenvalue weighted by Gasteiger charge is -2.14. The Hall–Kier alpha value is -3.49. The predicted molar refractivity (Wildman–Crippen MR) is 96.5 cm³/mol. The molecule has 3 rings (SSSR count). The molecule has 0 saturated carbocycles. The third-order valence-corrected chi connectivity index (χ3v) is 3.95. The van der Waals surface area contributed by atoms with E-state index in [9.17, 15) is 14.4 Å². The number of anilines is 1. The maximum atomic E-state index is 12.8. The van der Waals surface area contributed by atoms with Crippen molar-refractivity contribution in [2.75, 3.05) is 11.9 Å². The summed E-state index contributed by atoms with van der Waals surface area (Å²) in [5, 5.41) is 6.57. The Morgan fingerprint density at radius 3 is 2.78 bits per heavy atom. The molecule has 9 nitrogen and oxygen atoms in total. The molecule has 2 heterocycles. The summed E-state index contributed by atoms with van der Waals surface area (Å²) in [6.45, 7) is 5.15. The quantitative estimate of drug-likeness (QED) is 0.683. The van der Waals surface area contributed by atoms with Gasteiger partial charge in [0, 0.05) is 11.8 Å². The number of nitrogens with one attached hydrogen (secondary N) is 1. The van der Waals surface area contributed by atoms with E-state index in [1.165, 1.54) is 23.0 Å². The van der Waals surface area contributed by atoms with Gasteiger partial charge in [0.05, 0.1) is 23.8 Å². The van der Waals surface area contributed by atoms with Gasteiger partial charge in [-0.15, -0.1) is 0 Å². The van der Waals surface area contributed by atoms with Crippen molar-refractivity contribution in [3.63, 3.8) is 0 Å². The number of esters is 1. The van der Waals surface area contributed by atoms with Crippen molar-refractivity contribution >= 4 is 28.5 Å². The third-order valence-electron chi connectivity index (χ3n) is 3.95. The number of aryl methyl sites for hydroxylation is 1. The molecule has 27 heavy (non-hydrogen) atoms. The van der Waals surface area contributed by atoms with Crippen LogP contribution in [-0.4, -0.2) is 33.2 Å². The minimum Gasteiger partial charge on any atom is -0.464 e. The Balaban J connectivity index is 1.94. The van der Waals surface area contributed by atoms with Gasteiger partial charge in [0.15, 0.2) is 5.69 Å². The molecule has 140 valence electrons. The standard InChI is InChI=1S/C18H18N4O5/c1-4-26-18(25)11(3)22-9-19-14-6-5-12(8-13(14)17(22)24)20-16(23)15-7-10(2)27-21-15/h5-9,11H,4H2,1-3H3,(H,20,23). The first kappa shape index (κ1) is 18.3. The van der Waals surface area contributed by atoms with Crippen molar-refractivity contribution in [2.24, 2.45) is 0 Å². The second-order valence-corrected chi connectivity index (χ2v) is 5.89. The first-order valence-corrected chi connectivity index (χ1v) is 8.33. The summed E-state index contributed by atoms with van der Waals surface area (Å²) in [4.78, 5) is 41.1. The Morgan fingerprint density at radius 2 is 2.11 bits per heavy atom. The second-order valence-electron chi connectivity index (χ2n) is 5.89. The maximum absolute atomic E-state index is 12.8. The Labute approximate surface area is 153 Å². The maximum Gasteiger partial charge on any atom is 0.328 e. The summed E-state index contributed by atoms with van der Waals surface area (Å²) < 4.78 is 11.0. The number of nitrogens with zero attached hydrogens (tertiary/aromatic N) is 3. The molecule has 0 spiro atoms. The van der Waals surface area contributed by atoms with Crippen molar-refractivity contribution < 1.29 is 18.8 Å². The number of fused-ring (bicyclic) bond motifs is 1.